The van der Waals surface area contributed by atoms with Gasteiger partial charge in [0.15, 0.2) is 12.4 Å². The number of hydrogen-bond acceptors (Lipinski definition) is 5. The molecule has 27 heavy (non-hydrogen) atoms. The molecule has 0 unspecified atom stereocenters. The summed E-state index contributed by atoms with van der Waals surface area (Å²) in [5.41, 5.74) is -0.436. The van der Waals surface area contributed by atoms with Gasteiger partial charge in [0, 0.05) is 12.7 Å². The third kappa shape index (κ3) is 5.23. The molecule has 5 heteroatoms. The van der Waals surface area contributed by atoms with Crippen LogP contribution in [0, 0.1) is 24.7 Å². The number of ether oxygens (including phenoxy) is 3. The first-order valence-corrected chi connectivity index (χ1v) is 9.83. The molecule has 1 fully saturated rings. The van der Waals surface area contributed by atoms with Gasteiger partial charge in [-0.25, -0.2) is 4.79 Å². The molecule has 0 amide bonds. The van der Waals surface area contributed by atoms with Crippen molar-refractivity contribution in [3.05, 3.63) is 29.3 Å². The summed E-state index contributed by atoms with van der Waals surface area (Å²) >= 11 is 0. The van der Waals surface area contributed by atoms with Crippen molar-refractivity contribution >= 4 is 5.97 Å². The first-order chi connectivity index (χ1) is 12.7. The topological polar surface area (TPSA) is 65.0 Å². The molecular formula is C22H34O5. The molecule has 0 radical (unpaired) electrons. The number of hydrogen-bond donors (Lipinski definition) is 1. The van der Waals surface area contributed by atoms with E-state index in [-0.39, 0.29) is 12.9 Å². The van der Waals surface area contributed by atoms with Crippen molar-refractivity contribution in [3.63, 3.8) is 0 Å². The SMILES string of the molecule is COCOc1cc(C)ccc1[C@](C)(O)C(=O)O[C@H]1C[C@@H](C)CC[C@@H]1C(C)C. The average molecular weight is 379 g/mol. The van der Waals surface area contributed by atoms with Crippen molar-refractivity contribution in [2.24, 2.45) is 17.8 Å². The molecule has 4 atom stereocenters. The second kappa shape index (κ2) is 9.07. The maximum atomic E-state index is 13.0. The van der Waals surface area contributed by atoms with Gasteiger partial charge in [0.2, 0.25) is 0 Å². The Bertz CT molecular complexity index is 638. The standard InChI is InChI=1S/C22H34O5/c1-14(2)17-9-7-15(3)11-19(17)27-21(23)22(5,24)18-10-8-16(4)12-20(18)26-13-25-6/h8,10,12,14-15,17,19,24H,7,9,11,13H2,1-6H3/t15-,17+,19-,22-/m0/s1. The predicted octanol–water partition coefficient (Wildman–Crippen LogP) is 4.19. The first kappa shape index (κ1) is 21.7. The van der Waals surface area contributed by atoms with Gasteiger partial charge in [-0.2, -0.15) is 0 Å². The molecule has 5 nitrogen and oxygen atoms in total. The molecule has 0 aromatic heterocycles. The normalized spacial score (nSPS) is 25.1. The average Bonchev–Trinajstić information content (AvgIpc) is 2.59. The summed E-state index contributed by atoms with van der Waals surface area (Å²) in [5.74, 6) is 1.07. The molecule has 0 spiro atoms. The van der Waals surface area contributed by atoms with Gasteiger partial charge in [-0.15, -0.1) is 0 Å². The number of aliphatic hydroxyl groups is 1. The molecule has 0 bridgehead atoms. The second-order valence-corrected chi connectivity index (χ2v) is 8.39. The minimum absolute atomic E-state index is 0.0388. The van der Waals surface area contributed by atoms with Crippen LogP contribution in [-0.2, 0) is 19.9 Å². The van der Waals surface area contributed by atoms with Gasteiger partial charge in [-0.3, -0.25) is 0 Å². The van der Waals surface area contributed by atoms with E-state index < -0.39 is 11.6 Å². The summed E-state index contributed by atoms with van der Waals surface area (Å²) in [6.45, 7) is 9.94. The van der Waals surface area contributed by atoms with E-state index in [4.69, 9.17) is 14.2 Å². The Morgan fingerprint density at radius 2 is 2.04 bits per heavy atom. The van der Waals surface area contributed by atoms with Crippen LogP contribution < -0.4 is 4.74 Å². The predicted molar refractivity (Wildman–Crippen MR) is 104 cm³/mol. The number of methoxy groups -OCH3 is 1. The Morgan fingerprint density at radius 3 is 2.67 bits per heavy atom. The van der Waals surface area contributed by atoms with Gasteiger partial charge in [-0.05, 0) is 56.1 Å². The van der Waals surface area contributed by atoms with Gasteiger partial charge < -0.3 is 19.3 Å². The van der Waals surface area contributed by atoms with Gasteiger partial charge in [-0.1, -0.05) is 39.3 Å². The van der Waals surface area contributed by atoms with E-state index in [9.17, 15) is 9.90 Å². The fraction of sp³-hybridized carbons (Fsp3) is 0.682. The minimum Gasteiger partial charge on any atom is -0.467 e. The highest BCUT2D eigenvalue weighted by Crippen LogP contribution is 2.38. The van der Waals surface area contributed by atoms with E-state index in [0.717, 1.165) is 24.8 Å². The number of aryl methyl sites for hydroxylation is 1. The Balaban J connectivity index is 2.23. The van der Waals surface area contributed by atoms with Crippen LogP contribution in [0.25, 0.3) is 0 Å². The second-order valence-electron chi connectivity index (χ2n) is 8.39. The van der Waals surface area contributed by atoms with Crippen LogP contribution in [0.1, 0.15) is 58.1 Å². The van der Waals surface area contributed by atoms with Crippen LogP contribution in [0.2, 0.25) is 0 Å². The van der Waals surface area contributed by atoms with Crippen LogP contribution in [0.15, 0.2) is 18.2 Å². The maximum absolute atomic E-state index is 13.0. The number of esters is 1. The molecule has 0 heterocycles. The third-order valence-corrected chi connectivity index (χ3v) is 5.61. The van der Waals surface area contributed by atoms with E-state index in [1.807, 2.05) is 13.0 Å². The van der Waals surface area contributed by atoms with Crippen molar-refractivity contribution < 1.29 is 24.1 Å². The van der Waals surface area contributed by atoms with Crippen molar-refractivity contribution in [2.75, 3.05) is 13.9 Å². The number of rotatable bonds is 7. The lowest BCUT2D eigenvalue weighted by Gasteiger charge is -2.38. The summed E-state index contributed by atoms with van der Waals surface area (Å²) in [6, 6.07) is 5.34. The van der Waals surface area contributed by atoms with E-state index in [1.165, 1.54) is 14.0 Å². The molecular weight excluding hydrogens is 344 g/mol. The zero-order valence-electron chi connectivity index (χ0n) is 17.5. The molecule has 1 N–H and O–H groups in total. The molecule has 1 aromatic carbocycles. The van der Waals surface area contributed by atoms with Gasteiger partial charge in [0.05, 0.1) is 0 Å². The number of carbonyl (C=O) groups excluding carboxylic acids is 1. The molecule has 1 aromatic rings. The Kier molecular flexibility index (Phi) is 7.29. The Morgan fingerprint density at radius 1 is 1.33 bits per heavy atom. The summed E-state index contributed by atoms with van der Waals surface area (Å²) in [5, 5.41) is 11.1. The Hall–Kier alpha value is -1.59. The lowest BCUT2D eigenvalue weighted by atomic mass is 9.75. The van der Waals surface area contributed by atoms with Crippen LogP contribution >= 0.6 is 0 Å². The highest BCUT2D eigenvalue weighted by molar-refractivity contribution is 5.81. The zero-order valence-corrected chi connectivity index (χ0v) is 17.5. The lowest BCUT2D eigenvalue weighted by Crippen LogP contribution is -2.42. The fourth-order valence-corrected chi connectivity index (χ4v) is 3.89. The molecule has 1 aliphatic rings. The summed E-state index contributed by atoms with van der Waals surface area (Å²) < 4.78 is 16.4. The monoisotopic (exact) mass is 378 g/mol. The van der Waals surface area contributed by atoms with Crippen molar-refractivity contribution in [1.29, 1.82) is 0 Å². The van der Waals surface area contributed by atoms with Gasteiger partial charge in [0.25, 0.3) is 0 Å². The zero-order chi connectivity index (χ0) is 20.2. The highest BCUT2D eigenvalue weighted by atomic mass is 16.7. The molecule has 1 saturated carbocycles. The third-order valence-electron chi connectivity index (χ3n) is 5.61. The van der Waals surface area contributed by atoms with Crippen LogP contribution in [0.4, 0.5) is 0 Å². The summed E-state index contributed by atoms with van der Waals surface area (Å²) in [4.78, 5) is 13.0. The smallest absolute Gasteiger partial charge is 0.342 e. The van der Waals surface area contributed by atoms with Gasteiger partial charge in [0.1, 0.15) is 11.9 Å². The highest BCUT2D eigenvalue weighted by Gasteiger charge is 2.41. The van der Waals surface area contributed by atoms with Crippen LogP contribution in [0.5, 0.6) is 5.75 Å². The van der Waals surface area contributed by atoms with Crippen molar-refractivity contribution in [1.82, 2.24) is 0 Å². The quantitative estimate of drug-likeness (QED) is 0.569. The number of carbonyl (C=O) groups is 1. The summed E-state index contributed by atoms with van der Waals surface area (Å²) in [7, 11) is 1.53. The van der Waals surface area contributed by atoms with E-state index in [1.54, 1.807) is 12.1 Å². The fourth-order valence-electron chi connectivity index (χ4n) is 3.89. The van der Waals surface area contributed by atoms with Gasteiger partial charge >= 0.3 is 5.97 Å². The maximum Gasteiger partial charge on any atom is 0.342 e. The largest absolute Gasteiger partial charge is 0.467 e. The number of benzene rings is 1. The van der Waals surface area contributed by atoms with E-state index >= 15 is 0 Å². The molecule has 1 aliphatic carbocycles. The van der Waals surface area contributed by atoms with E-state index in [0.29, 0.717) is 29.1 Å². The summed E-state index contributed by atoms with van der Waals surface area (Å²) in [6.07, 6.45) is 2.87. The van der Waals surface area contributed by atoms with Crippen LogP contribution in [0.3, 0.4) is 0 Å². The minimum atomic E-state index is -1.79. The molecule has 2 rings (SSSR count). The molecule has 0 saturated heterocycles. The van der Waals surface area contributed by atoms with Crippen molar-refractivity contribution in [2.45, 2.75) is 65.6 Å². The van der Waals surface area contributed by atoms with E-state index in [2.05, 4.69) is 20.8 Å². The first-order valence-electron chi connectivity index (χ1n) is 9.83. The van der Waals surface area contributed by atoms with Crippen molar-refractivity contribution in [3.8, 4) is 5.75 Å². The molecule has 152 valence electrons. The molecule has 0 aliphatic heterocycles. The lowest BCUT2D eigenvalue weighted by molar-refractivity contribution is -0.177. The van der Waals surface area contributed by atoms with Crippen LogP contribution in [-0.4, -0.2) is 31.1 Å². The Labute approximate surface area is 163 Å².